The third kappa shape index (κ3) is 3.84. The molecule has 0 bridgehead atoms. The molecule has 0 radical (unpaired) electrons. The van der Waals surface area contributed by atoms with Crippen molar-refractivity contribution in [3.05, 3.63) is 29.6 Å². The van der Waals surface area contributed by atoms with Gasteiger partial charge in [-0.2, -0.15) is 0 Å². The Morgan fingerprint density at radius 2 is 2.28 bits per heavy atom. The molecular weight excluding hydrogens is 331 g/mol. The Kier molecular flexibility index (Phi) is 5.08. The SMILES string of the molecule is COc1ccc(C(NC(=O)CN2CCOC2=O)C2CC(O)C2)cc1F. The number of nitrogens with zero attached hydrogens (tertiary/aromatic N) is 1. The molecule has 1 saturated heterocycles. The lowest BCUT2D eigenvalue weighted by atomic mass is 9.75. The number of aliphatic hydroxyl groups is 1. The summed E-state index contributed by atoms with van der Waals surface area (Å²) in [5.74, 6) is -0.719. The molecule has 1 aromatic rings. The average molecular weight is 352 g/mol. The molecule has 2 fully saturated rings. The normalized spacial score (nSPS) is 23.6. The van der Waals surface area contributed by atoms with Crippen LogP contribution in [0, 0.1) is 11.7 Å². The van der Waals surface area contributed by atoms with Crippen molar-refractivity contribution in [2.24, 2.45) is 5.92 Å². The second-order valence-corrected chi connectivity index (χ2v) is 6.36. The van der Waals surface area contributed by atoms with E-state index in [1.165, 1.54) is 24.1 Å². The number of nitrogens with one attached hydrogen (secondary N) is 1. The number of carbonyl (C=O) groups excluding carboxylic acids is 2. The number of hydrogen-bond acceptors (Lipinski definition) is 5. The first kappa shape index (κ1) is 17.5. The molecular formula is C17H21FN2O5. The molecule has 1 saturated carbocycles. The maximum Gasteiger partial charge on any atom is 0.410 e. The lowest BCUT2D eigenvalue weighted by Gasteiger charge is -2.38. The van der Waals surface area contributed by atoms with E-state index in [9.17, 15) is 19.1 Å². The van der Waals surface area contributed by atoms with Crippen LogP contribution in [0.2, 0.25) is 0 Å². The molecule has 1 aliphatic heterocycles. The highest BCUT2D eigenvalue weighted by atomic mass is 19.1. The van der Waals surface area contributed by atoms with Crippen LogP contribution in [-0.4, -0.2) is 54.9 Å². The molecule has 1 aliphatic carbocycles. The van der Waals surface area contributed by atoms with Gasteiger partial charge in [-0.1, -0.05) is 6.07 Å². The van der Waals surface area contributed by atoms with E-state index in [0.717, 1.165) is 0 Å². The van der Waals surface area contributed by atoms with Crippen LogP contribution in [0.5, 0.6) is 5.75 Å². The van der Waals surface area contributed by atoms with Crippen LogP contribution >= 0.6 is 0 Å². The van der Waals surface area contributed by atoms with E-state index in [4.69, 9.17) is 9.47 Å². The van der Waals surface area contributed by atoms with E-state index in [2.05, 4.69) is 5.32 Å². The Bertz CT molecular complexity index is 662. The minimum Gasteiger partial charge on any atom is -0.494 e. The van der Waals surface area contributed by atoms with Crippen molar-refractivity contribution in [1.82, 2.24) is 10.2 Å². The highest BCUT2D eigenvalue weighted by molar-refractivity contribution is 5.83. The summed E-state index contributed by atoms with van der Waals surface area (Å²) < 4.78 is 23.8. The van der Waals surface area contributed by atoms with Gasteiger partial charge < -0.3 is 19.9 Å². The number of ether oxygens (including phenoxy) is 2. The standard InChI is InChI=1S/C17H21FN2O5/c1-24-14-3-2-10(8-13(14)18)16(11-6-12(21)7-11)19-15(22)9-20-4-5-25-17(20)23/h2-3,8,11-12,16,21H,4-7,9H2,1H3,(H,19,22). The highest BCUT2D eigenvalue weighted by Crippen LogP contribution is 2.38. The zero-order valence-electron chi connectivity index (χ0n) is 13.9. The molecule has 0 aromatic heterocycles. The number of benzene rings is 1. The number of amides is 2. The average Bonchev–Trinajstić information content (AvgIpc) is 2.95. The van der Waals surface area contributed by atoms with Crippen LogP contribution in [0.1, 0.15) is 24.4 Å². The summed E-state index contributed by atoms with van der Waals surface area (Å²) in [4.78, 5) is 25.1. The first-order valence-corrected chi connectivity index (χ1v) is 8.20. The molecule has 1 aromatic carbocycles. The summed E-state index contributed by atoms with van der Waals surface area (Å²) in [5.41, 5.74) is 0.604. The number of hydrogen-bond donors (Lipinski definition) is 2. The zero-order chi connectivity index (χ0) is 18.0. The lowest BCUT2D eigenvalue weighted by molar-refractivity contribution is -0.123. The van der Waals surface area contributed by atoms with Crippen molar-refractivity contribution in [2.75, 3.05) is 26.8 Å². The summed E-state index contributed by atoms with van der Waals surface area (Å²) in [6.07, 6.45) is 0.150. The van der Waals surface area contributed by atoms with Crippen molar-refractivity contribution in [3.8, 4) is 5.75 Å². The quantitative estimate of drug-likeness (QED) is 0.804. The van der Waals surface area contributed by atoms with Crippen molar-refractivity contribution in [2.45, 2.75) is 25.0 Å². The van der Waals surface area contributed by atoms with Gasteiger partial charge in [0, 0.05) is 0 Å². The van der Waals surface area contributed by atoms with Crippen LogP contribution in [0.25, 0.3) is 0 Å². The fourth-order valence-electron chi connectivity index (χ4n) is 3.21. The molecule has 136 valence electrons. The predicted octanol–water partition coefficient (Wildman–Crippen LogP) is 1.21. The molecule has 3 rings (SSSR count). The molecule has 7 nitrogen and oxygen atoms in total. The van der Waals surface area contributed by atoms with E-state index in [1.54, 1.807) is 6.07 Å². The first-order chi connectivity index (χ1) is 12.0. The maximum absolute atomic E-state index is 14.0. The Balaban J connectivity index is 1.72. The third-order valence-electron chi connectivity index (χ3n) is 4.65. The van der Waals surface area contributed by atoms with Gasteiger partial charge in [-0.25, -0.2) is 9.18 Å². The van der Waals surface area contributed by atoms with Gasteiger partial charge >= 0.3 is 6.09 Å². The first-order valence-electron chi connectivity index (χ1n) is 8.20. The number of cyclic esters (lactones) is 1. The van der Waals surface area contributed by atoms with Crippen molar-refractivity contribution >= 4 is 12.0 Å². The van der Waals surface area contributed by atoms with Crippen molar-refractivity contribution in [3.63, 3.8) is 0 Å². The summed E-state index contributed by atoms with van der Waals surface area (Å²) in [7, 11) is 1.38. The topological polar surface area (TPSA) is 88.1 Å². The summed E-state index contributed by atoms with van der Waals surface area (Å²) in [6, 6.07) is 4.10. The second kappa shape index (κ2) is 7.26. The molecule has 8 heteroatoms. The fraction of sp³-hybridized carbons (Fsp3) is 0.529. The highest BCUT2D eigenvalue weighted by Gasteiger charge is 2.36. The second-order valence-electron chi connectivity index (χ2n) is 6.36. The monoisotopic (exact) mass is 352 g/mol. The van der Waals surface area contributed by atoms with Gasteiger partial charge in [0.15, 0.2) is 11.6 Å². The molecule has 2 N–H and O–H groups in total. The van der Waals surface area contributed by atoms with Crippen molar-refractivity contribution in [1.29, 1.82) is 0 Å². The molecule has 1 heterocycles. The number of methoxy groups -OCH3 is 1. The van der Waals surface area contributed by atoms with Crippen LogP contribution in [0.15, 0.2) is 18.2 Å². The van der Waals surface area contributed by atoms with Gasteiger partial charge in [0.1, 0.15) is 13.2 Å². The van der Waals surface area contributed by atoms with E-state index >= 15 is 0 Å². The Hall–Kier alpha value is -2.35. The number of carbonyl (C=O) groups is 2. The maximum atomic E-state index is 14.0. The van der Waals surface area contributed by atoms with E-state index in [-0.39, 0.29) is 30.7 Å². The third-order valence-corrected chi connectivity index (χ3v) is 4.65. The fourth-order valence-corrected chi connectivity index (χ4v) is 3.21. The molecule has 1 unspecified atom stereocenters. The Morgan fingerprint density at radius 3 is 2.84 bits per heavy atom. The van der Waals surface area contributed by atoms with Gasteiger partial charge in [-0.05, 0) is 36.5 Å². The van der Waals surface area contributed by atoms with Gasteiger partial charge in [-0.3, -0.25) is 9.69 Å². The molecule has 2 aliphatic rings. The van der Waals surface area contributed by atoms with Gasteiger partial charge in [0.2, 0.25) is 5.91 Å². The minimum absolute atomic E-state index is 0.0114. The smallest absolute Gasteiger partial charge is 0.410 e. The van der Waals surface area contributed by atoms with Crippen molar-refractivity contribution < 1.29 is 28.6 Å². The van der Waals surface area contributed by atoms with Crippen LogP contribution in [0.3, 0.4) is 0 Å². The summed E-state index contributed by atoms with van der Waals surface area (Å²) >= 11 is 0. The molecule has 2 amide bonds. The summed E-state index contributed by atoms with van der Waals surface area (Å²) in [6.45, 7) is 0.535. The van der Waals surface area contributed by atoms with Crippen LogP contribution < -0.4 is 10.1 Å². The minimum atomic E-state index is -0.513. The largest absolute Gasteiger partial charge is 0.494 e. The Labute approximate surface area is 144 Å². The molecule has 1 atom stereocenters. The van der Waals surface area contributed by atoms with E-state index < -0.39 is 24.1 Å². The van der Waals surface area contributed by atoms with Gasteiger partial charge in [-0.15, -0.1) is 0 Å². The number of aliphatic hydroxyl groups excluding tert-OH is 1. The predicted molar refractivity (Wildman–Crippen MR) is 85.5 cm³/mol. The van der Waals surface area contributed by atoms with E-state index in [0.29, 0.717) is 24.9 Å². The number of halogens is 1. The van der Waals surface area contributed by atoms with Crippen LogP contribution in [-0.2, 0) is 9.53 Å². The zero-order valence-corrected chi connectivity index (χ0v) is 13.9. The molecule has 25 heavy (non-hydrogen) atoms. The van der Waals surface area contributed by atoms with E-state index in [1.807, 2.05) is 0 Å². The number of rotatable bonds is 6. The Morgan fingerprint density at radius 1 is 1.52 bits per heavy atom. The van der Waals surface area contributed by atoms with Gasteiger partial charge in [0.05, 0.1) is 25.8 Å². The summed E-state index contributed by atoms with van der Waals surface area (Å²) in [5, 5.41) is 12.4. The van der Waals surface area contributed by atoms with Gasteiger partial charge in [0.25, 0.3) is 0 Å². The molecule has 0 spiro atoms. The lowest BCUT2D eigenvalue weighted by Crippen LogP contribution is -2.45. The van der Waals surface area contributed by atoms with Crippen LogP contribution in [0.4, 0.5) is 9.18 Å².